The molecule has 7 heteroatoms. The van der Waals surface area contributed by atoms with E-state index in [9.17, 15) is 9.59 Å². The summed E-state index contributed by atoms with van der Waals surface area (Å²) < 4.78 is 6.79. The van der Waals surface area contributed by atoms with E-state index in [1.54, 1.807) is 15.9 Å². The number of halogens is 1. The number of aliphatic imine (C=N–C) groups is 1. The Morgan fingerprint density at radius 2 is 1.39 bits per heavy atom. The predicted octanol–water partition coefficient (Wildman–Crippen LogP) is 6.68. The van der Waals surface area contributed by atoms with Crippen molar-refractivity contribution < 1.29 is 14.3 Å². The van der Waals surface area contributed by atoms with Crippen molar-refractivity contribution in [3.63, 3.8) is 0 Å². The Kier molecular flexibility index (Phi) is 5.15. The summed E-state index contributed by atoms with van der Waals surface area (Å²) in [6, 6.07) is 21.2. The zero-order valence-corrected chi connectivity index (χ0v) is 23.1. The summed E-state index contributed by atoms with van der Waals surface area (Å²) in [5.41, 5.74) is 2.55. The van der Waals surface area contributed by atoms with E-state index in [-0.39, 0.29) is 11.8 Å². The van der Waals surface area contributed by atoms with Gasteiger partial charge in [-0.1, -0.05) is 47.0 Å². The second-order valence-corrected chi connectivity index (χ2v) is 12.0. The molecule has 3 aliphatic rings. The molecular weight excluding hydrogens is 498 g/mol. The second-order valence-electron chi connectivity index (χ2n) is 11.6. The van der Waals surface area contributed by atoms with E-state index in [0.717, 1.165) is 28.1 Å². The van der Waals surface area contributed by atoms with Gasteiger partial charge in [0, 0.05) is 22.0 Å². The quantitative estimate of drug-likeness (QED) is 0.357. The SMILES string of the molecule is Cc1ccc(N2C(=O)C(C)(C)[C@@H]2OC2=Nc3ccc(Cl)cc3[C@@]23N(c2ccc(C)cc2)C(=O)C3(C)C)cc1. The van der Waals surface area contributed by atoms with Gasteiger partial charge in [-0.25, -0.2) is 4.99 Å². The molecule has 3 aromatic rings. The largest absolute Gasteiger partial charge is 0.453 e. The molecule has 6 rings (SSSR count). The van der Waals surface area contributed by atoms with Crippen molar-refractivity contribution in [1.29, 1.82) is 0 Å². The average molecular weight is 528 g/mol. The van der Waals surface area contributed by atoms with Crippen LogP contribution < -0.4 is 9.80 Å². The normalized spacial score (nSPS) is 24.6. The molecule has 0 N–H and O–H groups in total. The van der Waals surface area contributed by atoms with Crippen molar-refractivity contribution in [2.45, 2.75) is 53.3 Å². The van der Waals surface area contributed by atoms with Gasteiger partial charge in [0.15, 0.2) is 11.8 Å². The van der Waals surface area contributed by atoms with E-state index in [2.05, 4.69) is 0 Å². The third kappa shape index (κ3) is 3.04. The first kappa shape index (κ1) is 24.7. The van der Waals surface area contributed by atoms with Gasteiger partial charge in [-0.2, -0.15) is 0 Å². The number of rotatable bonds is 3. The highest BCUT2D eigenvalue weighted by Crippen LogP contribution is 2.63. The number of carbonyl (C=O) groups is 2. The summed E-state index contributed by atoms with van der Waals surface area (Å²) in [5.74, 6) is 0.325. The Bertz CT molecular complexity index is 1520. The Hall–Kier alpha value is -3.64. The van der Waals surface area contributed by atoms with E-state index < -0.39 is 22.6 Å². The molecule has 0 aromatic heterocycles. The van der Waals surface area contributed by atoms with Gasteiger partial charge in [-0.15, -0.1) is 0 Å². The minimum atomic E-state index is -1.02. The van der Waals surface area contributed by atoms with Crippen molar-refractivity contribution in [2.24, 2.45) is 15.8 Å². The molecule has 0 radical (unpaired) electrons. The molecule has 2 fully saturated rings. The molecule has 2 saturated heterocycles. The lowest BCUT2D eigenvalue weighted by Crippen LogP contribution is -2.78. The molecule has 0 saturated carbocycles. The molecule has 3 heterocycles. The Morgan fingerprint density at radius 3 is 2.00 bits per heavy atom. The van der Waals surface area contributed by atoms with Gasteiger partial charge in [-0.3, -0.25) is 19.4 Å². The van der Waals surface area contributed by atoms with E-state index >= 15 is 0 Å². The van der Waals surface area contributed by atoms with E-state index in [4.69, 9.17) is 21.3 Å². The highest BCUT2D eigenvalue weighted by molar-refractivity contribution is 6.31. The molecule has 6 nitrogen and oxygen atoms in total. The molecule has 0 aliphatic carbocycles. The summed E-state index contributed by atoms with van der Waals surface area (Å²) in [6.07, 6.45) is -0.607. The van der Waals surface area contributed by atoms with Crippen molar-refractivity contribution >= 4 is 46.4 Å². The molecule has 3 aliphatic heterocycles. The average Bonchev–Trinajstić information content (AvgIpc) is 3.21. The molecule has 2 amide bonds. The van der Waals surface area contributed by atoms with Crippen LogP contribution in [0.25, 0.3) is 0 Å². The van der Waals surface area contributed by atoms with Gasteiger partial charge in [-0.05, 0) is 84.0 Å². The number of carbonyl (C=O) groups excluding carboxylic acids is 2. The van der Waals surface area contributed by atoms with Crippen LogP contribution in [-0.4, -0.2) is 23.9 Å². The topological polar surface area (TPSA) is 62.2 Å². The van der Waals surface area contributed by atoms with Crippen molar-refractivity contribution in [3.8, 4) is 0 Å². The van der Waals surface area contributed by atoms with Crippen LogP contribution in [0.15, 0.2) is 71.7 Å². The molecule has 2 atom stereocenters. The maximum absolute atomic E-state index is 13.8. The Morgan fingerprint density at radius 1 is 0.816 bits per heavy atom. The van der Waals surface area contributed by atoms with Gasteiger partial charge < -0.3 is 4.74 Å². The van der Waals surface area contributed by atoms with Crippen LogP contribution in [0.3, 0.4) is 0 Å². The third-order valence-electron chi connectivity index (χ3n) is 8.31. The summed E-state index contributed by atoms with van der Waals surface area (Å²) >= 11 is 6.50. The van der Waals surface area contributed by atoms with Crippen LogP contribution in [0.2, 0.25) is 5.02 Å². The molecule has 0 bridgehead atoms. The van der Waals surface area contributed by atoms with Gasteiger partial charge in [0.2, 0.25) is 17.7 Å². The predicted molar refractivity (Wildman–Crippen MR) is 150 cm³/mol. The number of amides is 2. The minimum absolute atomic E-state index is 0.0288. The van der Waals surface area contributed by atoms with E-state index in [0.29, 0.717) is 16.6 Å². The number of fused-ring (bicyclic) bond motifs is 2. The molecule has 1 spiro atoms. The second kappa shape index (κ2) is 7.93. The monoisotopic (exact) mass is 527 g/mol. The zero-order valence-electron chi connectivity index (χ0n) is 22.4. The summed E-state index contributed by atoms with van der Waals surface area (Å²) in [4.78, 5) is 35.4. The Balaban J connectivity index is 1.49. The van der Waals surface area contributed by atoms with Gasteiger partial charge in [0.1, 0.15) is 5.41 Å². The number of nitrogens with zero attached hydrogens (tertiary/aromatic N) is 3. The van der Waals surface area contributed by atoms with Gasteiger partial charge in [0.05, 0.1) is 11.1 Å². The first-order valence-electron chi connectivity index (χ1n) is 12.8. The highest BCUT2D eigenvalue weighted by Gasteiger charge is 2.74. The van der Waals surface area contributed by atoms with Crippen LogP contribution in [0.1, 0.15) is 44.4 Å². The van der Waals surface area contributed by atoms with Crippen LogP contribution in [0.4, 0.5) is 17.1 Å². The zero-order chi connectivity index (χ0) is 27.2. The van der Waals surface area contributed by atoms with Crippen molar-refractivity contribution in [2.75, 3.05) is 9.80 Å². The lowest BCUT2D eigenvalue weighted by molar-refractivity contribution is -0.151. The maximum Gasteiger partial charge on any atom is 0.241 e. The fraction of sp³-hybridized carbons (Fsp3) is 0.323. The summed E-state index contributed by atoms with van der Waals surface area (Å²) in [5, 5.41) is 0.555. The lowest BCUT2D eigenvalue weighted by Gasteiger charge is -2.62. The number of benzene rings is 3. The van der Waals surface area contributed by atoms with Gasteiger partial charge in [0.25, 0.3) is 0 Å². The van der Waals surface area contributed by atoms with E-state index in [1.165, 1.54) is 0 Å². The standard InChI is InChI=1S/C31H30ClN3O3/c1-18-7-12-21(13-8-18)34-26(36)29(3,4)28(34)38-25-31(23-17-20(32)11-16-24(23)33-25)30(5,6)27(37)35(31)22-14-9-19(2)10-15-22/h7-17,28H,1-6H3/t28-,31+/m0/s1. The van der Waals surface area contributed by atoms with Gasteiger partial charge >= 0.3 is 0 Å². The molecular formula is C31H30ClN3O3. The first-order chi connectivity index (χ1) is 17.9. The minimum Gasteiger partial charge on any atom is -0.453 e. The fourth-order valence-corrected chi connectivity index (χ4v) is 6.17. The fourth-order valence-electron chi connectivity index (χ4n) is 5.99. The number of hydrogen-bond acceptors (Lipinski definition) is 4. The first-order valence-corrected chi connectivity index (χ1v) is 13.2. The summed E-state index contributed by atoms with van der Waals surface area (Å²) in [7, 11) is 0. The number of β-lactam (4-membered cyclic amide) rings is 2. The van der Waals surface area contributed by atoms with Crippen molar-refractivity contribution in [3.05, 3.63) is 88.4 Å². The third-order valence-corrected chi connectivity index (χ3v) is 8.54. The number of ether oxygens (including phenoxy) is 1. The number of hydrogen-bond donors (Lipinski definition) is 0. The lowest BCUT2D eigenvalue weighted by atomic mass is 9.59. The molecule has 194 valence electrons. The number of anilines is 2. The number of aryl methyl sites for hydroxylation is 2. The van der Waals surface area contributed by atoms with E-state index in [1.807, 2.05) is 102 Å². The molecule has 38 heavy (non-hydrogen) atoms. The van der Waals surface area contributed by atoms with Crippen molar-refractivity contribution in [1.82, 2.24) is 0 Å². The van der Waals surface area contributed by atoms with Crippen LogP contribution in [0, 0.1) is 24.7 Å². The van der Waals surface area contributed by atoms with Crippen LogP contribution >= 0.6 is 11.6 Å². The molecule has 3 aromatic carbocycles. The summed E-state index contributed by atoms with van der Waals surface area (Å²) in [6.45, 7) is 11.6. The highest BCUT2D eigenvalue weighted by atomic mass is 35.5. The smallest absolute Gasteiger partial charge is 0.241 e. The van der Waals surface area contributed by atoms with Crippen LogP contribution in [0.5, 0.6) is 0 Å². The Labute approximate surface area is 227 Å². The maximum atomic E-state index is 13.8. The molecule has 0 unspecified atom stereocenters. The van der Waals surface area contributed by atoms with Crippen LogP contribution in [-0.2, 0) is 19.9 Å².